The zero-order chi connectivity index (χ0) is 22.9. The van der Waals surface area contributed by atoms with Crippen molar-refractivity contribution >= 4 is 5.97 Å². The average Bonchev–Trinajstić information content (AvgIpc) is 2.76. The van der Waals surface area contributed by atoms with Gasteiger partial charge in [-0.3, -0.25) is 0 Å². The van der Waals surface area contributed by atoms with Gasteiger partial charge in [0.25, 0.3) is 0 Å². The van der Waals surface area contributed by atoms with Crippen LogP contribution in [0.15, 0.2) is 61.2 Å². The molecular formula is C24H30O7. The zero-order valence-corrected chi connectivity index (χ0v) is 18.1. The molecule has 0 radical (unpaired) electrons. The summed E-state index contributed by atoms with van der Waals surface area (Å²) >= 11 is 0. The third-order valence-corrected chi connectivity index (χ3v) is 4.76. The number of benzene rings is 2. The van der Waals surface area contributed by atoms with Gasteiger partial charge >= 0.3 is 5.97 Å². The Morgan fingerprint density at radius 1 is 0.968 bits per heavy atom. The van der Waals surface area contributed by atoms with E-state index in [2.05, 4.69) is 20.4 Å². The molecule has 2 aromatic carbocycles. The number of esters is 1. The smallest absolute Gasteiger partial charge is 0.330 e. The Balaban J connectivity index is 1.96. The molecule has 0 saturated carbocycles. The van der Waals surface area contributed by atoms with E-state index in [1.807, 2.05) is 48.5 Å². The standard InChI is InChI=1S/C24H30O7/c1-5-22(26)30-15-19(25)14-29-20-10-6-17(7-11-20)24(2,3)18-8-12-21(13-9-18)31-23(27)16-28-4/h5-13,19,23,25,27H,1,14-16H2,2-4H3. The lowest BCUT2D eigenvalue weighted by Crippen LogP contribution is -2.24. The summed E-state index contributed by atoms with van der Waals surface area (Å²) in [4.78, 5) is 11.0. The quantitative estimate of drug-likeness (QED) is 0.304. The van der Waals surface area contributed by atoms with Gasteiger partial charge in [0.2, 0.25) is 6.29 Å². The van der Waals surface area contributed by atoms with Crippen LogP contribution < -0.4 is 9.47 Å². The monoisotopic (exact) mass is 430 g/mol. The van der Waals surface area contributed by atoms with Crippen molar-refractivity contribution in [1.82, 2.24) is 0 Å². The van der Waals surface area contributed by atoms with E-state index in [4.69, 9.17) is 18.9 Å². The van der Waals surface area contributed by atoms with Crippen molar-refractivity contribution in [2.24, 2.45) is 0 Å². The first-order valence-electron chi connectivity index (χ1n) is 9.91. The minimum Gasteiger partial charge on any atom is -0.491 e. The van der Waals surface area contributed by atoms with Crippen LogP contribution in [0.1, 0.15) is 25.0 Å². The fourth-order valence-electron chi connectivity index (χ4n) is 2.90. The topological polar surface area (TPSA) is 94.5 Å². The third-order valence-electron chi connectivity index (χ3n) is 4.76. The van der Waals surface area contributed by atoms with Crippen LogP contribution in [-0.2, 0) is 19.7 Å². The first-order chi connectivity index (χ1) is 14.8. The number of hydrogen-bond acceptors (Lipinski definition) is 7. The lowest BCUT2D eigenvalue weighted by atomic mass is 9.78. The van der Waals surface area contributed by atoms with Gasteiger partial charge in [0, 0.05) is 18.6 Å². The second-order valence-electron chi connectivity index (χ2n) is 7.50. The Kier molecular flexibility index (Phi) is 9.05. The van der Waals surface area contributed by atoms with E-state index in [1.54, 1.807) is 0 Å². The van der Waals surface area contributed by atoms with Gasteiger partial charge in [0.05, 0.1) is 0 Å². The molecule has 0 bridgehead atoms. The Morgan fingerprint density at radius 3 is 2.03 bits per heavy atom. The van der Waals surface area contributed by atoms with Crippen LogP contribution in [0.25, 0.3) is 0 Å². The summed E-state index contributed by atoms with van der Waals surface area (Å²) in [6, 6.07) is 15.1. The van der Waals surface area contributed by atoms with E-state index in [0.717, 1.165) is 17.2 Å². The summed E-state index contributed by atoms with van der Waals surface area (Å²) in [5.74, 6) is 0.575. The molecule has 2 rings (SSSR count). The highest BCUT2D eigenvalue weighted by atomic mass is 16.6. The predicted octanol–water partition coefficient (Wildman–Crippen LogP) is 2.83. The Hall–Kier alpha value is -2.87. The van der Waals surface area contributed by atoms with Crippen molar-refractivity contribution in [3.8, 4) is 11.5 Å². The number of carbonyl (C=O) groups excluding carboxylic acids is 1. The molecule has 0 aliphatic carbocycles. The average molecular weight is 430 g/mol. The summed E-state index contributed by atoms with van der Waals surface area (Å²) in [5, 5.41) is 19.5. The molecule has 0 saturated heterocycles. The molecule has 31 heavy (non-hydrogen) atoms. The lowest BCUT2D eigenvalue weighted by Gasteiger charge is -2.26. The highest BCUT2D eigenvalue weighted by molar-refractivity contribution is 5.81. The lowest BCUT2D eigenvalue weighted by molar-refractivity contribution is -0.141. The minimum absolute atomic E-state index is 0.00352. The van der Waals surface area contributed by atoms with Gasteiger partial charge in [-0.15, -0.1) is 0 Å². The summed E-state index contributed by atoms with van der Waals surface area (Å²) in [6.45, 7) is 7.46. The van der Waals surface area contributed by atoms with Crippen LogP contribution in [0.2, 0.25) is 0 Å². The largest absolute Gasteiger partial charge is 0.491 e. The summed E-state index contributed by atoms with van der Waals surface area (Å²) in [7, 11) is 1.50. The van der Waals surface area contributed by atoms with Gasteiger partial charge in [-0.25, -0.2) is 4.79 Å². The molecule has 0 aromatic heterocycles. The van der Waals surface area contributed by atoms with E-state index >= 15 is 0 Å². The number of hydrogen-bond donors (Lipinski definition) is 2. The van der Waals surface area contributed by atoms with Crippen LogP contribution in [0, 0.1) is 0 Å². The second-order valence-corrected chi connectivity index (χ2v) is 7.50. The van der Waals surface area contributed by atoms with Crippen molar-refractivity contribution in [1.29, 1.82) is 0 Å². The Morgan fingerprint density at radius 2 is 1.52 bits per heavy atom. The van der Waals surface area contributed by atoms with E-state index < -0.39 is 18.4 Å². The summed E-state index contributed by atoms with van der Waals surface area (Å²) in [6.07, 6.45) is -0.897. The molecule has 168 valence electrons. The molecule has 0 spiro atoms. The number of rotatable bonds is 12. The molecule has 7 heteroatoms. The first kappa shape index (κ1) is 24.4. The van der Waals surface area contributed by atoms with Crippen LogP contribution in [0.5, 0.6) is 11.5 Å². The molecule has 0 fully saturated rings. The molecule has 0 aliphatic heterocycles. The zero-order valence-electron chi connectivity index (χ0n) is 18.1. The maximum Gasteiger partial charge on any atom is 0.330 e. The SMILES string of the molecule is C=CC(=O)OCC(O)COc1ccc(C(C)(C)c2ccc(OC(O)COC)cc2)cc1. The fraction of sp³-hybridized carbons (Fsp3) is 0.375. The number of carbonyl (C=O) groups is 1. The van der Waals surface area contributed by atoms with Crippen LogP contribution in [-0.4, -0.2) is 55.5 Å². The predicted molar refractivity (Wildman–Crippen MR) is 116 cm³/mol. The van der Waals surface area contributed by atoms with Crippen LogP contribution >= 0.6 is 0 Å². The van der Waals surface area contributed by atoms with Crippen molar-refractivity contribution in [2.45, 2.75) is 31.7 Å². The van der Waals surface area contributed by atoms with Crippen LogP contribution in [0.4, 0.5) is 0 Å². The molecule has 2 aromatic rings. The van der Waals surface area contributed by atoms with Gasteiger partial charge in [-0.2, -0.15) is 0 Å². The Labute approximate surface area is 182 Å². The van der Waals surface area contributed by atoms with Gasteiger partial charge in [0.15, 0.2) is 0 Å². The minimum atomic E-state index is -1.01. The Bertz CT molecular complexity index is 828. The highest BCUT2D eigenvalue weighted by Crippen LogP contribution is 2.33. The van der Waals surface area contributed by atoms with Gasteiger partial charge < -0.3 is 29.2 Å². The molecule has 0 heterocycles. The van der Waals surface area contributed by atoms with Crippen molar-refractivity contribution in [2.75, 3.05) is 26.9 Å². The number of aliphatic hydroxyl groups excluding tert-OH is 2. The first-order valence-corrected chi connectivity index (χ1v) is 9.91. The normalized spacial score (nSPS) is 13.2. The highest BCUT2D eigenvalue weighted by Gasteiger charge is 2.23. The van der Waals surface area contributed by atoms with Gasteiger partial charge in [0.1, 0.15) is 37.4 Å². The van der Waals surface area contributed by atoms with Gasteiger partial charge in [-0.1, -0.05) is 44.7 Å². The van der Waals surface area contributed by atoms with Gasteiger partial charge in [-0.05, 0) is 35.4 Å². The molecule has 0 aliphatic rings. The van der Waals surface area contributed by atoms with Crippen molar-refractivity contribution in [3.63, 3.8) is 0 Å². The molecular weight excluding hydrogens is 400 g/mol. The summed E-state index contributed by atoms with van der Waals surface area (Å²) < 4.78 is 20.6. The summed E-state index contributed by atoms with van der Waals surface area (Å²) in [5.41, 5.74) is 1.88. The van der Waals surface area contributed by atoms with E-state index in [9.17, 15) is 15.0 Å². The molecule has 0 amide bonds. The van der Waals surface area contributed by atoms with E-state index in [0.29, 0.717) is 11.5 Å². The maximum atomic E-state index is 11.0. The number of aliphatic hydroxyl groups is 2. The van der Waals surface area contributed by atoms with E-state index in [-0.39, 0.29) is 25.2 Å². The number of ether oxygens (including phenoxy) is 4. The van der Waals surface area contributed by atoms with Crippen LogP contribution in [0.3, 0.4) is 0 Å². The van der Waals surface area contributed by atoms with E-state index in [1.165, 1.54) is 7.11 Å². The maximum absolute atomic E-state index is 11.0. The molecule has 2 atom stereocenters. The molecule has 2 N–H and O–H groups in total. The third kappa shape index (κ3) is 7.40. The molecule has 2 unspecified atom stereocenters. The van der Waals surface area contributed by atoms with Crippen molar-refractivity contribution in [3.05, 3.63) is 72.3 Å². The number of methoxy groups -OCH3 is 1. The second kappa shape index (κ2) is 11.5. The molecule has 7 nitrogen and oxygen atoms in total. The van der Waals surface area contributed by atoms with Crippen molar-refractivity contribution < 1.29 is 34.0 Å². The fourth-order valence-corrected chi connectivity index (χ4v) is 2.90.